The highest BCUT2D eigenvalue weighted by Crippen LogP contribution is 2.19. The van der Waals surface area contributed by atoms with Crippen LogP contribution in [0.15, 0.2) is 17.5 Å². The van der Waals surface area contributed by atoms with E-state index in [0.717, 1.165) is 32.6 Å². The summed E-state index contributed by atoms with van der Waals surface area (Å²) in [4.78, 5) is 15.6. The maximum absolute atomic E-state index is 11.7. The van der Waals surface area contributed by atoms with Gasteiger partial charge in [0.15, 0.2) is 0 Å². The minimum Gasteiger partial charge on any atom is -0.385 e. The predicted octanol–water partition coefficient (Wildman–Crippen LogP) is 2.30. The van der Waals surface area contributed by atoms with Crippen LogP contribution in [0.5, 0.6) is 0 Å². The number of methoxy groups -OCH3 is 1. The molecular formula is C16H27N3O2S. The number of likely N-dealkylation sites (tertiary alicyclic amines) is 1. The molecule has 0 bridgehead atoms. The minimum absolute atomic E-state index is 0.0634. The maximum Gasteiger partial charge on any atom is 0.314 e. The number of nitrogens with one attached hydrogen (secondary N) is 2. The van der Waals surface area contributed by atoms with Crippen LogP contribution in [0.1, 0.15) is 24.1 Å². The van der Waals surface area contributed by atoms with E-state index in [9.17, 15) is 4.79 Å². The van der Waals surface area contributed by atoms with E-state index in [4.69, 9.17) is 4.74 Å². The summed E-state index contributed by atoms with van der Waals surface area (Å²) in [5.41, 5.74) is 0. The quantitative estimate of drug-likeness (QED) is 0.721. The minimum atomic E-state index is -0.0634. The number of amides is 2. The van der Waals surface area contributed by atoms with E-state index in [0.29, 0.717) is 19.1 Å². The summed E-state index contributed by atoms with van der Waals surface area (Å²) < 4.78 is 4.96. The fourth-order valence-corrected chi connectivity index (χ4v) is 3.55. The van der Waals surface area contributed by atoms with Gasteiger partial charge in [0.1, 0.15) is 0 Å². The number of piperidine rings is 1. The van der Waals surface area contributed by atoms with Crippen molar-refractivity contribution in [1.82, 2.24) is 15.5 Å². The standard InChI is InChI=1S/C16H27N3O2S/c1-21-9-4-7-17-16(20)18-11-14-5-2-8-19(12-14)13-15-6-3-10-22-15/h3,6,10,14H,2,4-5,7-9,11-13H2,1H3,(H2,17,18,20). The predicted molar refractivity (Wildman–Crippen MR) is 90.2 cm³/mol. The molecule has 1 atom stereocenters. The zero-order chi connectivity index (χ0) is 15.6. The Balaban J connectivity index is 1.62. The molecule has 1 aromatic heterocycles. The fourth-order valence-electron chi connectivity index (χ4n) is 2.80. The highest BCUT2D eigenvalue weighted by molar-refractivity contribution is 7.09. The molecule has 2 amide bonds. The molecule has 0 saturated carbocycles. The molecule has 1 saturated heterocycles. The van der Waals surface area contributed by atoms with Gasteiger partial charge in [-0.05, 0) is 43.2 Å². The molecule has 0 aromatic carbocycles. The zero-order valence-electron chi connectivity index (χ0n) is 13.3. The van der Waals surface area contributed by atoms with Crippen LogP contribution in [0.4, 0.5) is 4.79 Å². The lowest BCUT2D eigenvalue weighted by atomic mass is 9.98. The van der Waals surface area contributed by atoms with Crippen LogP contribution >= 0.6 is 11.3 Å². The van der Waals surface area contributed by atoms with Crippen molar-refractivity contribution in [2.24, 2.45) is 5.92 Å². The van der Waals surface area contributed by atoms with Crippen molar-refractivity contribution < 1.29 is 9.53 Å². The van der Waals surface area contributed by atoms with Gasteiger partial charge < -0.3 is 15.4 Å². The first-order valence-electron chi connectivity index (χ1n) is 8.03. The zero-order valence-corrected chi connectivity index (χ0v) is 14.2. The number of hydrogen-bond donors (Lipinski definition) is 2. The molecule has 2 heterocycles. The van der Waals surface area contributed by atoms with Gasteiger partial charge in [0.05, 0.1) is 0 Å². The molecule has 6 heteroatoms. The van der Waals surface area contributed by atoms with Crippen molar-refractivity contribution >= 4 is 17.4 Å². The number of carbonyl (C=O) groups is 1. The summed E-state index contributed by atoms with van der Waals surface area (Å²) >= 11 is 1.82. The average Bonchev–Trinajstić information content (AvgIpc) is 3.03. The number of thiophene rings is 1. The van der Waals surface area contributed by atoms with Gasteiger partial charge in [-0.1, -0.05) is 6.07 Å². The van der Waals surface area contributed by atoms with Crippen LogP contribution in [-0.2, 0) is 11.3 Å². The van der Waals surface area contributed by atoms with Gasteiger partial charge >= 0.3 is 6.03 Å². The maximum atomic E-state index is 11.7. The molecule has 2 N–H and O–H groups in total. The van der Waals surface area contributed by atoms with Gasteiger partial charge in [-0.2, -0.15) is 0 Å². The topological polar surface area (TPSA) is 53.6 Å². The molecule has 2 rings (SSSR count). The Morgan fingerprint density at radius 2 is 2.41 bits per heavy atom. The van der Waals surface area contributed by atoms with Crippen molar-refractivity contribution in [2.75, 3.05) is 39.9 Å². The molecule has 0 spiro atoms. The fraction of sp³-hybridized carbons (Fsp3) is 0.688. The Bertz CT molecular complexity index is 425. The Morgan fingerprint density at radius 3 is 3.18 bits per heavy atom. The molecule has 1 aromatic rings. The molecule has 1 aliphatic heterocycles. The summed E-state index contributed by atoms with van der Waals surface area (Å²) in [6.45, 7) is 5.38. The van der Waals surface area contributed by atoms with E-state index in [-0.39, 0.29) is 6.03 Å². The monoisotopic (exact) mass is 325 g/mol. The number of hydrogen-bond acceptors (Lipinski definition) is 4. The second-order valence-electron chi connectivity index (χ2n) is 5.81. The second kappa shape index (κ2) is 9.82. The molecular weight excluding hydrogens is 298 g/mol. The van der Waals surface area contributed by atoms with Crippen LogP contribution in [-0.4, -0.2) is 50.8 Å². The number of carbonyl (C=O) groups excluding carboxylic acids is 1. The van der Waals surface area contributed by atoms with E-state index in [1.807, 2.05) is 11.3 Å². The lowest BCUT2D eigenvalue weighted by molar-refractivity contribution is 0.166. The van der Waals surface area contributed by atoms with Crippen molar-refractivity contribution in [3.05, 3.63) is 22.4 Å². The Kier molecular flexibility index (Phi) is 7.70. The summed E-state index contributed by atoms with van der Waals surface area (Å²) in [5, 5.41) is 7.99. The first-order valence-corrected chi connectivity index (χ1v) is 8.91. The second-order valence-corrected chi connectivity index (χ2v) is 6.84. The summed E-state index contributed by atoms with van der Waals surface area (Å²) in [7, 11) is 1.67. The van der Waals surface area contributed by atoms with Gasteiger partial charge in [0.2, 0.25) is 0 Å². The van der Waals surface area contributed by atoms with E-state index < -0.39 is 0 Å². The molecule has 1 aliphatic rings. The van der Waals surface area contributed by atoms with Gasteiger partial charge in [-0.25, -0.2) is 4.79 Å². The van der Waals surface area contributed by atoms with Gasteiger partial charge in [-0.15, -0.1) is 11.3 Å². The van der Waals surface area contributed by atoms with Crippen LogP contribution in [0.2, 0.25) is 0 Å². The van der Waals surface area contributed by atoms with Gasteiger partial charge in [0, 0.05) is 44.8 Å². The highest BCUT2D eigenvalue weighted by atomic mass is 32.1. The van der Waals surface area contributed by atoms with E-state index in [1.165, 1.54) is 17.7 Å². The molecule has 0 aliphatic carbocycles. The van der Waals surface area contributed by atoms with Crippen molar-refractivity contribution in [2.45, 2.75) is 25.8 Å². The third kappa shape index (κ3) is 6.34. The lowest BCUT2D eigenvalue weighted by Crippen LogP contribution is -2.43. The normalized spacial score (nSPS) is 19.0. The first kappa shape index (κ1) is 17.2. The largest absolute Gasteiger partial charge is 0.385 e. The Labute approximate surface area is 137 Å². The Hall–Kier alpha value is -1.11. The molecule has 5 nitrogen and oxygen atoms in total. The molecule has 124 valence electrons. The van der Waals surface area contributed by atoms with Gasteiger partial charge in [-0.3, -0.25) is 4.90 Å². The number of rotatable bonds is 8. The van der Waals surface area contributed by atoms with Gasteiger partial charge in [0.25, 0.3) is 0 Å². The summed E-state index contributed by atoms with van der Waals surface area (Å²) in [6.07, 6.45) is 3.26. The third-order valence-electron chi connectivity index (χ3n) is 3.92. The van der Waals surface area contributed by atoms with Crippen LogP contribution < -0.4 is 10.6 Å². The molecule has 1 fully saturated rings. The van der Waals surface area contributed by atoms with Crippen LogP contribution in [0.25, 0.3) is 0 Å². The van der Waals surface area contributed by atoms with E-state index >= 15 is 0 Å². The van der Waals surface area contributed by atoms with Crippen LogP contribution in [0.3, 0.4) is 0 Å². The molecule has 1 unspecified atom stereocenters. The lowest BCUT2D eigenvalue weighted by Gasteiger charge is -2.32. The first-order chi connectivity index (χ1) is 10.8. The van der Waals surface area contributed by atoms with Crippen LogP contribution in [0, 0.1) is 5.92 Å². The SMILES string of the molecule is COCCCNC(=O)NCC1CCCN(Cc2cccs2)C1. The number of nitrogens with zero attached hydrogens (tertiary/aromatic N) is 1. The Morgan fingerprint density at radius 1 is 1.50 bits per heavy atom. The van der Waals surface area contributed by atoms with Crippen molar-refractivity contribution in [3.63, 3.8) is 0 Å². The highest BCUT2D eigenvalue weighted by Gasteiger charge is 2.20. The van der Waals surface area contributed by atoms with Crippen molar-refractivity contribution in [1.29, 1.82) is 0 Å². The third-order valence-corrected chi connectivity index (χ3v) is 4.79. The smallest absolute Gasteiger partial charge is 0.314 e. The summed E-state index contributed by atoms with van der Waals surface area (Å²) in [6, 6.07) is 4.24. The number of ether oxygens (including phenoxy) is 1. The van der Waals surface area contributed by atoms with Crippen molar-refractivity contribution in [3.8, 4) is 0 Å². The van der Waals surface area contributed by atoms with E-state index in [2.05, 4.69) is 33.0 Å². The molecule has 22 heavy (non-hydrogen) atoms. The average molecular weight is 325 g/mol. The number of urea groups is 1. The molecule has 0 radical (unpaired) electrons. The summed E-state index contributed by atoms with van der Waals surface area (Å²) in [5.74, 6) is 0.554. The van der Waals surface area contributed by atoms with E-state index in [1.54, 1.807) is 7.11 Å².